The van der Waals surface area contributed by atoms with Crippen molar-refractivity contribution in [1.82, 2.24) is 0 Å². The van der Waals surface area contributed by atoms with Crippen molar-refractivity contribution in [3.63, 3.8) is 0 Å². The van der Waals surface area contributed by atoms with E-state index in [2.05, 4.69) is 20.7 Å². The number of benzene rings is 1. The fourth-order valence-corrected chi connectivity index (χ4v) is 1.22. The van der Waals surface area contributed by atoms with Crippen LogP contribution in [-0.2, 0) is 11.3 Å². The first-order valence-corrected chi connectivity index (χ1v) is 4.71. The molecule has 0 aliphatic carbocycles. The Kier molecular flexibility index (Phi) is 3.04. The predicted octanol–water partition coefficient (Wildman–Crippen LogP) is 2.00. The summed E-state index contributed by atoms with van der Waals surface area (Å²) in [4.78, 5) is 0. The number of hydrogen-bond donors (Lipinski definition) is 2. The molecule has 0 radical (unpaired) electrons. The van der Waals surface area contributed by atoms with Gasteiger partial charge in [0.05, 0.1) is 0 Å². The summed E-state index contributed by atoms with van der Waals surface area (Å²) in [7, 11) is 0. The summed E-state index contributed by atoms with van der Waals surface area (Å²) in [6.07, 6.45) is 0. The van der Waals surface area contributed by atoms with Gasteiger partial charge >= 0.3 is 0 Å². The Morgan fingerprint density at radius 3 is 2.36 bits per heavy atom. The molecule has 1 unspecified atom stereocenters. The maximum Gasteiger partial charge on any atom is 0.259 e. The molecule has 60 valence electrons. The van der Waals surface area contributed by atoms with Crippen molar-refractivity contribution in [1.29, 1.82) is 0 Å². The fourth-order valence-electron chi connectivity index (χ4n) is 0.619. The van der Waals surface area contributed by atoms with Gasteiger partial charge in [-0.1, -0.05) is 15.9 Å². The van der Waals surface area contributed by atoms with Crippen molar-refractivity contribution >= 4 is 32.9 Å². The summed E-state index contributed by atoms with van der Waals surface area (Å²) >= 11 is 1.26. The fraction of sp³-hybridized carbons (Fsp3) is 0. The van der Waals surface area contributed by atoms with E-state index < -0.39 is 11.3 Å². The molecule has 0 bridgehead atoms. The molecule has 1 aromatic rings. The Hall–Kier alpha value is -0.390. The minimum atomic E-state index is -1.99. The van der Waals surface area contributed by atoms with Crippen LogP contribution in [0.4, 0.5) is 5.69 Å². The molecule has 0 aromatic heterocycles. The highest BCUT2D eigenvalue weighted by atomic mass is 79.9. The number of anilines is 1. The van der Waals surface area contributed by atoms with E-state index in [0.29, 0.717) is 5.69 Å². The van der Waals surface area contributed by atoms with Gasteiger partial charge in [0.2, 0.25) is 0 Å². The van der Waals surface area contributed by atoms with E-state index in [0.717, 1.165) is 4.47 Å². The van der Waals surface area contributed by atoms with Crippen LogP contribution >= 0.6 is 15.9 Å². The first-order valence-electron chi connectivity index (χ1n) is 2.81. The molecule has 0 saturated carbocycles. The van der Waals surface area contributed by atoms with Crippen molar-refractivity contribution in [2.24, 2.45) is 0 Å². The van der Waals surface area contributed by atoms with Crippen molar-refractivity contribution in [3.05, 3.63) is 28.7 Å². The van der Waals surface area contributed by atoms with E-state index in [1.807, 2.05) is 0 Å². The van der Waals surface area contributed by atoms with Gasteiger partial charge in [-0.25, -0.2) is 4.21 Å². The topological polar surface area (TPSA) is 49.3 Å². The third-order valence-corrected chi connectivity index (χ3v) is 1.99. The molecule has 0 amide bonds. The third-order valence-electron chi connectivity index (χ3n) is 1.05. The number of hydrogen-bond acceptors (Lipinski definition) is 1. The molecular weight excluding hydrogens is 230 g/mol. The Bertz CT molecular complexity index is 262. The molecule has 1 rings (SSSR count). The molecule has 0 heterocycles. The van der Waals surface area contributed by atoms with Gasteiger partial charge in [0.25, 0.3) is 11.3 Å². The Morgan fingerprint density at radius 2 is 1.91 bits per heavy atom. The molecule has 1 aromatic carbocycles. The quantitative estimate of drug-likeness (QED) is 0.771. The minimum Gasteiger partial charge on any atom is -0.289 e. The van der Waals surface area contributed by atoms with Crippen LogP contribution in [0.5, 0.6) is 0 Å². The van der Waals surface area contributed by atoms with Gasteiger partial charge in [0.15, 0.2) is 0 Å². The zero-order valence-corrected chi connectivity index (χ0v) is 7.85. The van der Waals surface area contributed by atoms with Gasteiger partial charge in [-0.2, -0.15) is 0 Å². The number of halogens is 1. The lowest BCUT2D eigenvalue weighted by molar-refractivity contribution is 0.570. The Balaban J connectivity index is 2.74. The average molecular weight is 236 g/mol. The first kappa shape index (κ1) is 8.70. The Labute approximate surface area is 75.4 Å². The summed E-state index contributed by atoms with van der Waals surface area (Å²) in [5.41, 5.74) is 0.619. The molecule has 0 aliphatic rings. The predicted molar refractivity (Wildman–Crippen MR) is 48.5 cm³/mol. The minimum absolute atomic E-state index is 0.619. The zero-order valence-electron chi connectivity index (χ0n) is 5.45. The van der Waals surface area contributed by atoms with Gasteiger partial charge in [-0.05, 0) is 24.3 Å². The normalized spacial score (nSPS) is 12.5. The molecule has 0 spiro atoms. The summed E-state index contributed by atoms with van der Waals surface area (Å²) in [6.45, 7) is 0. The van der Waals surface area contributed by atoms with Crippen LogP contribution < -0.4 is 4.72 Å². The van der Waals surface area contributed by atoms with Crippen molar-refractivity contribution in [3.8, 4) is 0 Å². The summed E-state index contributed by atoms with van der Waals surface area (Å²) in [5.74, 6) is 0. The molecule has 2 N–H and O–H groups in total. The van der Waals surface area contributed by atoms with Crippen LogP contribution in [0.3, 0.4) is 0 Å². The van der Waals surface area contributed by atoms with Crippen molar-refractivity contribution in [2.45, 2.75) is 0 Å². The standard InChI is InChI=1S/C6H6BrNO2S/c7-5-1-3-6(4-2-5)8-11(9)10/h1-4,8H,(H,9,10). The highest BCUT2D eigenvalue weighted by Crippen LogP contribution is 2.13. The lowest BCUT2D eigenvalue weighted by Gasteiger charge is -1.99. The van der Waals surface area contributed by atoms with Crippen LogP contribution in [0.1, 0.15) is 0 Å². The molecule has 5 heteroatoms. The van der Waals surface area contributed by atoms with Gasteiger partial charge < -0.3 is 0 Å². The lowest BCUT2D eigenvalue weighted by Crippen LogP contribution is -2.00. The van der Waals surface area contributed by atoms with Crippen LogP contribution in [-0.4, -0.2) is 8.76 Å². The van der Waals surface area contributed by atoms with Crippen LogP contribution in [0, 0.1) is 0 Å². The second-order valence-corrected chi connectivity index (χ2v) is 3.48. The zero-order chi connectivity index (χ0) is 8.27. The van der Waals surface area contributed by atoms with Crippen molar-refractivity contribution in [2.75, 3.05) is 4.72 Å². The first-order chi connectivity index (χ1) is 5.18. The van der Waals surface area contributed by atoms with Gasteiger partial charge in [-0.3, -0.25) is 9.27 Å². The van der Waals surface area contributed by atoms with E-state index in [1.54, 1.807) is 24.3 Å². The van der Waals surface area contributed by atoms with Crippen LogP contribution in [0.25, 0.3) is 0 Å². The number of rotatable bonds is 2. The molecular formula is C6H6BrNO2S. The second-order valence-electron chi connectivity index (χ2n) is 1.86. The maximum absolute atomic E-state index is 10.2. The van der Waals surface area contributed by atoms with Crippen LogP contribution in [0.15, 0.2) is 28.7 Å². The highest BCUT2D eigenvalue weighted by molar-refractivity contribution is 9.10. The molecule has 0 fully saturated rings. The molecule has 11 heavy (non-hydrogen) atoms. The maximum atomic E-state index is 10.2. The summed E-state index contributed by atoms with van der Waals surface area (Å²) in [6, 6.07) is 6.99. The van der Waals surface area contributed by atoms with E-state index in [4.69, 9.17) is 4.55 Å². The molecule has 0 saturated heterocycles. The van der Waals surface area contributed by atoms with E-state index >= 15 is 0 Å². The molecule has 0 aliphatic heterocycles. The number of nitrogens with one attached hydrogen (secondary N) is 1. The van der Waals surface area contributed by atoms with Crippen molar-refractivity contribution < 1.29 is 8.76 Å². The highest BCUT2D eigenvalue weighted by Gasteiger charge is 1.93. The van der Waals surface area contributed by atoms with E-state index in [9.17, 15) is 4.21 Å². The molecule has 1 atom stereocenters. The summed E-state index contributed by atoms with van der Waals surface area (Å²) in [5, 5.41) is 0. The third kappa shape index (κ3) is 3.00. The SMILES string of the molecule is O=S(O)Nc1ccc(Br)cc1. The van der Waals surface area contributed by atoms with Gasteiger partial charge in [0.1, 0.15) is 0 Å². The molecule has 3 nitrogen and oxygen atoms in total. The smallest absolute Gasteiger partial charge is 0.259 e. The van der Waals surface area contributed by atoms with Gasteiger partial charge in [-0.15, -0.1) is 0 Å². The summed E-state index contributed by atoms with van der Waals surface area (Å²) < 4.78 is 21.9. The lowest BCUT2D eigenvalue weighted by atomic mass is 10.3. The largest absolute Gasteiger partial charge is 0.289 e. The van der Waals surface area contributed by atoms with E-state index in [1.165, 1.54) is 0 Å². The Morgan fingerprint density at radius 1 is 1.36 bits per heavy atom. The average Bonchev–Trinajstić information content (AvgIpc) is 1.93. The monoisotopic (exact) mass is 235 g/mol. The van der Waals surface area contributed by atoms with Crippen LogP contribution in [0.2, 0.25) is 0 Å². The van der Waals surface area contributed by atoms with Gasteiger partial charge in [0, 0.05) is 10.2 Å². The second kappa shape index (κ2) is 3.85. The van der Waals surface area contributed by atoms with E-state index in [-0.39, 0.29) is 0 Å².